The van der Waals surface area contributed by atoms with Gasteiger partial charge in [0.2, 0.25) is 5.91 Å². The summed E-state index contributed by atoms with van der Waals surface area (Å²) in [5.74, 6) is 0.929. The molecule has 1 atom stereocenters. The van der Waals surface area contributed by atoms with E-state index in [0.717, 1.165) is 33.7 Å². The average molecular weight is 443 g/mol. The molecular formula is C26H26N4OS. The second-order valence-electron chi connectivity index (χ2n) is 8.42. The zero-order valence-electron chi connectivity index (χ0n) is 18.6. The van der Waals surface area contributed by atoms with E-state index >= 15 is 0 Å². The molecule has 162 valence electrons. The largest absolute Gasteiger partial charge is 0.369 e. The van der Waals surface area contributed by atoms with E-state index in [2.05, 4.69) is 66.4 Å². The van der Waals surface area contributed by atoms with Crippen LogP contribution in [0.5, 0.6) is 0 Å². The molecule has 32 heavy (non-hydrogen) atoms. The van der Waals surface area contributed by atoms with Crippen molar-refractivity contribution < 1.29 is 4.79 Å². The fourth-order valence-corrected chi connectivity index (χ4v) is 5.61. The van der Waals surface area contributed by atoms with Crippen LogP contribution in [-0.2, 0) is 11.2 Å². The number of thiophene rings is 1. The van der Waals surface area contributed by atoms with Crippen molar-refractivity contribution in [3.8, 4) is 11.1 Å². The molecule has 1 aliphatic rings. The number of hydrogen-bond acceptors (Lipinski definition) is 5. The first-order valence-corrected chi connectivity index (χ1v) is 11.8. The van der Waals surface area contributed by atoms with Crippen molar-refractivity contribution in [2.24, 2.45) is 0 Å². The lowest BCUT2D eigenvalue weighted by molar-refractivity contribution is -0.118. The van der Waals surface area contributed by atoms with Crippen molar-refractivity contribution in [3.05, 3.63) is 70.9 Å². The summed E-state index contributed by atoms with van der Waals surface area (Å²) in [5, 5.41) is 4.46. The number of rotatable bonds is 5. The van der Waals surface area contributed by atoms with Gasteiger partial charge in [0.05, 0.1) is 5.39 Å². The number of carbonyl (C=O) groups is 1. The van der Waals surface area contributed by atoms with E-state index in [1.807, 2.05) is 23.1 Å². The Morgan fingerprint density at radius 2 is 1.91 bits per heavy atom. The number of fused-ring (bicyclic) bond motifs is 2. The molecule has 1 unspecified atom stereocenters. The van der Waals surface area contributed by atoms with E-state index in [9.17, 15) is 4.79 Å². The quantitative estimate of drug-likeness (QED) is 0.427. The number of aryl methyl sites for hydroxylation is 2. The second-order valence-corrected chi connectivity index (χ2v) is 9.63. The van der Waals surface area contributed by atoms with Crippen molar-refractivity contribution in [2.75, 3.05) is 16.8 Å². The van der Waals surface area contributed by atoms with Crippen molar-refractivity contribution in [1.29, 1.82) is 0 Å². The smallest absolute Gasteiger partial charge is 0.229 e. The SMILES string of the molecule is Cc1ccc(-c2c(C)sc3ncnc(NCCC(=O)N4c5ccccc5CC4C)c23)cc1. The van der Waals surface area contributed by atoms with Gasteiger partial charge in [-0.2, -0.15) is 0 Å². The molecule has 6 heteroatoms. The molecule has 0 fully saturated rings. The molecule has 1 N–H and O–H groups in total. The van der Waals surface area contributed by atoms with E-state index in [-0.39, 0.29) is 11.9 Å². The summed E-state index contributed by atoms with van der Waals surface area (Å²) in [5.41, 5.74) is 5.86. The number of carbonyl (C=O) groups excluding carboxylic acids is 1. The van der Waals surface area contributed by atoms with Crippen LogP contribution in [0.1, 0.15) is 29.3 Å². The molecule has 0 spiro atoms. The summed E-state index contributed by atoms with van der Waals surface area (Å²) in [6, 6.07) is 16.9. The highest BCUT2D eigenvalue weighted by Crippen LogP contribution is 2.40. The highest BCUT2D eigenvalue weighted by atomic mass is 32.1. The Labute approximate surface area is 192 Å². The van der Waals surface area contributed by atoms with E-state index in [1.165, 1.54) is 21.6 Å². The third-order valence-electron chi connectivity index (χ3n) is 6.11. The number of para-hydroxylation sites is 1. The van der Waals surface area contributed by atoms with Crippen molar-refractivity contribution >= 4 is 39.0 Å². The van der Waals surface area contributed by atoms with E-state index in [0.29, 0.717) is 13.0 Å². The molecule has 0 aliphatic carbocycles. The molecule has 1 amide bonds. The zero-order chi connectivity index (χ0) is 22.2. The fraction of sp³-hybridized carbons (Fsp3) is 0.269. The van der Waals surface area contributed by atoms with Crippen molar-refractivity contribution in [1.82, 2.24) is 9.97 Å². The lowest BCUT2D eigenvalue weighted by Crippen LogP contribution is -2.36. The lowest BCUT2D eigenvalue weighted by Gasteiger charge is -2.23. The molecule has 4 aromatic rings. The minimum atomic E-state index is 0.139. The first kappa shape index (κ1) is 20.6. The molecule has 5 nitrogen and oxygen atoms in total. The van der Waals surface area contributed by atoms with E-state index in [1.54, 1.807) is 17.7 Å². The summed E-state index contributed by atoms with van der Waals surface area (Å²) < 4.78 is 0. The lowest BCUT2D eigenvalue weighted by atomic mass is 10.0. The number of hydrogen-bond donors (Lipinski definition) is 1. The maximum Gasteiger partial charge on any atom is 0.229 e. The number of benzene rings is 2. The van der Waals surface area contributed by atoms with Gasteiger partial charge in [-0.3, -0.25) is 4.79 Å². The first-order valence-electron chi connectivity index (χ1n) is 11.0. The first-order chi connectivity index (χ1) is 15.5. The van der Waals surface area contributed by atoms with E-state index in [4.69, 9.17) is 0 Å². The van der Waals surface area contributed by atoms with Crippen LogP contribution in [0.3, 0.4) is 0 Å². The summed E-state index contributed by atoms with van der Waals surface area (Å²) in [4.78, 5) is 26.2. The standard InChI is InChI=1S/C26H26N4OS/c1-16-8-10-19(11-9-16)23-18(3)32-26-24(23)25(28-15-29-26)27-13-12-22(31)30-17(2)14-20-6-4-5-7-21(20)30/h4-11,15,17H,12-14H2,1-3H3,(H,27,28,29). The minimum absolute atomic E-state index is 0.139. The Kier molecular flexibility index (Phi) is 5.39. The van der Waals surface area contributed by atoms with Gasteiger partial charge in [0.1, 0.15) is 17.0 Å². The topological polar surface area (TPSA) is 58.1 Å². The summed E-state index contributed by atoms with van der Waals surface area (Å²) >= 11 is 1.68. The fourth-order valence-electron chi connectivity index (χ4n) is 4.60. The van der Waals surface area contributed by atoms with Crippen molar-refractivity contribution in [3.63, 3.8) is 0 Å². The van der Waals surface area contributed by atoms with Crippen LogP contribution >= 0.6 is 11.3 Å². The maximum atomic E-state index is 13.1. The Morgan fingerprint density at radius 3 is 2.72 bits per heavy atom. The van der Waals surface area contributed by atoms with Gasteiger partial charge in [0.15, 0.2) is 0 Å². The van der Waals surface area contributed by atoms with Gasteiger partial charge in [0, 0.05) is 35.1 Å². The predicted molar refractivity (Wildman–Crippen MR) is 133 cm³/mol. The number of aromatic nitrogens is 2. The highest BCUT2D eigenvalue weighted by molar-refractivity contribution is 7.19. The third kappa shape index (κ3) is 3.65. The minimum Gasteiger partial charge on any atom is -0.369 e. The molecule has 5 rings (SSSR count). The van der Waals surface area contributed by atoms with Crippen LogP contribution in [-0.4, -0.2) is 28.5 Å². The van der Waals surface area contributed by atoms with Gasteiger partial charge >= 0.3 is 0 Å². The molecule has 0 bridgehead atoms. The molecule has 3 heterocycles. The van der Waals surface area contributed by atoms with Gasteiger partial charge in [-0.1, -0.05) is 48.0 Å². The van der Waals surface area contributed by atoms with Gasteiger partial charge < -0.3 is 10.2 Å². The number of amides is 1. The summed E-state index contributed by atoms with van der Waals surface area (Å²) in [6.45, 7) is 6.86. The molecule has 0 saturated heterocycles. The van der Waals surface area contributed by atoms with Crippen LogP contribution in [0, 0.1) is 13.8 Å². The second kappa shape index (κ2) is 8.36. The Morgan fingerprint density at radius 1 is 1.12 bits per heavy atom. The number of nitrogens with one attached hydrogen (secondary N) is 1. The van der Waals surface area contributed by atoms with Gasteiger partial charge in [-0.25, -0.2) is 9.97 Å². The van der Waals surface area contributed by atoms with Gasteiger partial charge in [-0.15, -0.1) is 11.3 Å². The summed E-state index contributed by atoms with van der Waals surface area (Å²) in [6.07, 6.45) is 2.92. The van der Waals surface area contributed by atoms with Crippen LogP contribution in [0.15, 0.2) is 54.9 Å². The highest BCUT2D eigenvalue weighted by Gasteiger charge is 2.30. The maximum absolute atomic E-state index is 13.1. The van der Waals surface area contributed by atoms with Crippen molar-refractivity contribution in [2.45, 2.75) is 39.7 Å². The molecule has 0 radical (unpaired) electrons. The van der Waals surface area contributed by atoms with E-state index < -0.39 is 0 Å². The molecule has 2 aromatic heterocycles. The number of nitrogens with zero attached hydrogens (tertiary/aromatic N) is 3. The summed E-state index contributed by atoms with van der Waals surface area (Å²) in [7, 11) is 0. The Balaban J connectivity index is 1.37. The van der Waals surface area contributed by atoms with Gasteiger partial charge in [0.25, 0.3) is 0 Å². The predicted octanol–water partition coefficient (Wildman–Crippen LogP) is 5.75. The number of anilines is 2. The molecule has 1 aliphatic heterocycles. The molecular weight excluding hydrogens is 416 g/mol. The average Bonchev–Trinajstić information content (AvgIpc) is 3.30. The third-order valence-corrected chi connectivity index (χ3v) is 7.13. The molecule has 0 saturated carbocycles. The van der Waals surface area contributed by atoms with Crippen LogP contribution < -0.4 is 10.2 Å². The monoisotopic (exact) mass is 442 g/mol. The van der Waals surface area contributed by atoms with Gasteiger partial charge in [-0.05, 0) is 44.4 Å². The normalized spacial score (nSPS) is 15.2. The zero-order valence-corrected chi connectivity index (χ0v) is 19.4. The Bertz CT molecular complexity index is 1300. The van der Waals surface area contributed by atoms with Crippen LogP contribution in [0.2, 0.25) is 0 Å². The Hall–Kier alpha value is -3.25. The van der Waals surface area contributed by atoms with Crippen LogP contribution in [0.25, 0.3) is 21.3 Å². The molecule has 2 aromatic carbocycles. The van der Waals surface area contributed by atoms with Crippen LogP contribution in [0.4, 0.5) is 11.5 Å².